The number of rotatable bonds is 8. The summed E-state index contributed by atoms with van der Waals surface area (Å²) in [5, 5.41) is 2.87. The molecule has 2 rings (SSSR count). The monoisotopic (exact) mass is 373 g/mol. The molecular weight excluding hydrogens is 346 g/mol. The van der Waals surface area contributed by atoms with Crippen LogP contribution in [0.3, 0.4) is 0 Å². The second-order valence-corrected chi connectivity index (χ2v) is 6.22. The molecule has 0 fully saturated rings. The van der Waals surface area contributed by atoms with Crippen LogP contribution in [-0.4, -0.2) is 33.3 Å². The summed E-state index contributed by atoms with van der Waals surface area (Å²) >= 11 is 0. The molecule has 1 N–H and O–H groups in total. The molecule has 1 amide bonds. The Morgan fingerprint density at radius 1 is 0.963 bits per heavy atom. The number of nitrogens with one attached hydrogen (secondary N) is 1. The van der Waals surface area contributed by atoms with Gasteiger partial charge in [-0.15, -0.1) is 0 Å². The number of ether oxygens (including phenoxy) is 4. The molecule has 6 nitrogen and oxygen atoms in total. The lowest BCUT2D eigenvalue weighted by molar-refractivity contribution is -0.127. The highest BCUT2D eigenvalue weighted by Crippen LogP contribution is 2.39. The summed E-state index contributed by atoms with van der Waals surface area (Å²) in [6.45, 7) is 6.04. The summed E-state index contributed by atoms with van der Waals surface area (Å²) in [4.78, 5) is 12.4. The summed E-state index contributed by atoms with van der Waals surface area (Å²) in [6, 6.07) is 9.37. The third-order valence-corrected chi connectivity index (χ3v) is 4.40. The van der Waals surface area contributed by atoms with Crippen molar-refractivity contribution < 1.29 is 23.7 Å². The molecule has 2 aromatic carbocycles. The Balaban J connectivity index is 2.05. The summed E-state index contributed by atoms with van der Waals surface area (Å²) < 4.78 is 21.8. The summed E-state index contributed by atoms with van der Waals surface area (Å²) in [5.41, 5.74) is 3.08. The zero-order valence-electron chi connectivity index (χ0n) is 16.7. The first-order chi connectivity index (χ1) is 12.9. The number of hydrogen-bond acceptors (Lipinski definition) is 5. The van der Waals surface area contributed by atoms with E-state index in [1.165, 1.54) is 5.56 Å². The number of carbonyl (C=O) groups is 1. The van der Waals surface area contributed by atoms with E-state index in [-0.39, 0.29) is 12.5 Å². The molecule has 0 bridgehead atoms. The van der Waals surface area contributed by atoms with Gasteiger partial charge in [0.25, 0.3) is 5.91 Å². The largest absolute Gasteiger partial charge is 0.493 e. The van der Waals surface area contributed by atoms with Crippen LogP contribution in [0.1, 0.15) is 23.6 Å². The van der Waals surface area contributed by atoms with E-state index in [0.29, 0.717) is 23.0 Å². The fraction of sp³-hybridized carbons (Fsp3) is 0.381. The molecule has 146 valence electrons. The first-order valence-corrected chi connectivity index (χ1v) is 8.70. The zero-order chi connectivity index (χ0) is 20.0. The van der Waals surface area contributed by atoms with E-state index in [4.69, 9.17) is 18.9 Å². The molecule has 0 spiro atoms. The third kappa shape index (κ3) is 4.84. The minimum absolute atomic E-state index is 0.218. The molecule has 6 heteroatoms. The third-order valence-electron chi connectivity index (χ3n) is 4.40. The van der Waals surface area contributed by atoms with Crippen molar-refractivity contribution in [1.29, 1.82) is 0 Å². The van der Waals surface area contributed by atoms with Crippen molar-refractivity contribution in [2.75, 3.05) is 21.3 Å². The van der Waals surface area contributed by atoms with Crippen molar-refractivity contribution in [1.82, 2.24) is 5.32 Å². The smallest absolute Gasteiger partial charge is 0.261 e. The lowest BCUT2D eigenvalue weighted by atomic mass is 10.1. The van der Waals surface area contributed by atoms with Gasteiger partial charge in [0, 0.05) is 12.1 Å². The number of amides is 1. The normalized spacial score (nSPS) is 11.5. The minimum Gasteiger partial charge on any atom is -0.493 e. The van der Waals surface area contributed by atoms with Crippen molar-refractivity contribution in [3.63, 3.8) is 0 Å². The van der Waals surface area contributed by atoms with Crippen LogP contribution in [0.5, 0.6) is 23.0 Å². The quantitative estimate of drug-likeness (QED) is 0.768. The lowest BCUT2D eigenvalue weighted by Crippen LogP contribution is -2.36. The van der Waals surface area contributed by atoms with Gasteiger partial charge in [-0.1, -0.05) is 6.07 Å². The van der Waals surface area contributed by atoms with E-state index < -0.39 is 6.10 Å². The first kappa shape index (κ1) is 20.4. The summed E-state index contributed by atoms with van der Waals surface area (Å²) in [5.74, 6) is 2.04. The summed E-state index contributed by atoms with van der Waals surface area (Å²) in [7, 11) is 4.65. The van der Waals surface area contributed by atoms with Crippen LogP contribution in [0.25, 0.3) is 0 Å². The molecule has 0 aliphatic carbocycles. The first-order valence-electron chi connectivity index (χ1n) is 8.70. The van der Waals surface area contributed by atoms with Crippen molar-refractivity contribution >= 4 is 5.91 Å². The highest BCUT2D eigenvalue weighted by atomic mass is 16.5. The molecule has 0 unspecified atom stereocenters. The average Bonchev–Trinajstić information content (AvgIpc) is 2.67. The predicted molar refractivity (Wildman–Crippen MR) is 104 cm³/mol. The Kier molecular flexibility index (Phi) is 6.93. The number of aryl methyl sites for hydroxylation is 2. The molecule has 2 aromatic rings. The van der Waals surface area contributed by atoms with E-state index in [1.54, 1.807) is 34.3 Å². The molecule has 0 saturated heterocycles. The Labute approximate surface area is 160 Å². The zero-order valence-corrected chi connectivity index (χ0v) is 16.7. The van der Waals surface area contributed by atoms with Crippen LogP contribution in [0.15, 0.2) is 30.3 Å². The van der Waals surface area contributed by atoms with Gasteiger partial charge < -0.3 is 24.3 Å². The molecule has 0 heterocycles. The lowest BCUT2D eigenvalue weighted by Gasteiger charge is -2.18. The number of benzene rings is 2. The van der Waals surface area contributed by atoms with E-state index in [0.717, 1.165) is 11.1 Å². The second kappa shape index (κ2) is 9.16. The predicted octanol–water partition coefficient (Wildman–Crippen LogP) is 3.41. The number of carbonyl (C=O) groups excluding carboxylic acids is 1. The SMILES string of the molecule is COc1ccc(CNC(=O)[C@@H](C)Oc2ccc(C)c(C)c2)c(OC)c1OC. The van der Waals surface area contributed by atoms with Gasteiger partial charge in [-0.2, -0.15) is 0 Å². The maximum Gasteiger partial charge on any atom is 0.261 e. The second-order valence-electron chi connectivity index (χ2n) is 6.22. The van der Waals surface area contributed by atoms with E-state index in [2.05, 4.69) is 5.32 Å². The van der Waals surface area contributed by atoms with E-state index >= 15 is 0 Å². The van der Waals surface area contributed by atoms with Gasteiger partial charge in [0.1, 0.15) is 5.75 Å². The highest BCUT2D eigenvalue weighted by molar-refractivity contribution is 5.80. The van der Waals surface area contributed by atoms with Crippen LogP contribution in [-0.2, 0) is 11.3 Å². The van der Waals surface area contributed by atoms with Crippen LogP contribution in [0, 0.1) is 13.8 Å². The van der Waals surface area contributed by atoms with Gasteiger partial charge in [0.05, 0.1) is 21.3 Å². The van der Waals surface area contributed by atoms with Gasteiger partial charge in [-0.25, -0.2) is 0 Å². The number of methoxy groups -OCH3 is 3. The fourth-order valence-corrected chi connectivity index (χ4v) is 2.67. The highest BCUT2D eigenvalue weighted by Gasteiger charge is 2.19. The fourth-order valence-electron chi connectivity index (χ4n) is 2.67. The van der Waals surface area contributed by atoms with E-state index in [1.807, 2.05) is 38.1 Å². The van der Waals surface area contributed by atoms with E-state index in [9.17, 15) is 4.79 Å². The summed E-state index contributed by atoms with van der Waals surface area (Å²) in [6.07, 6.45) is -0.627. The molecule has 27 heavy (non-hydrogen) atoms. The van der Waals surface area contributed by atoms with Gasteiger partial charge in [-0.3, -0.25) is 4.79 Å². The standard InChI is InChI=1S/C21H27NO5/c1-13-7-9-17(11-14(13)2)27-15(3)21(23)22-12-16-8-10-18(24-4)20(26-6)19(16)25-5/h7-11,15H,12H2,1-6H3,(H,22,23)/t15-/m1/s1. The van der Waals surface area contributed by atoms with Crippen molar-refractivity contribution in [3.8, 4) is 23.0 Å². The molecule has 0 radical (unpaired) electrons. The van der Waals surface area contributed by atoms with Gasteiger partial charge in [0.15, 0.2) is 17.6 Å². The average molecular weight is 373 g/mol. The Bertz CT molecular complexity index is 803. The van der Waals surface area contributed by atoms with Crippen LogP contribution >= 0.6 is 0 Å². The molecule has 0 aromatic heterocycles. The van der Waals surface area contributed by atoms with Gasteiger partial charge >= 0.3 is 0 Å². The van der Waals surface area contributed by atoms with Crippen molar-refractivity contribution in [2.24, 2.45) is 0 Å². The Hall–Kier alpha value is -2.89. The minimum atomic E-state index is -0.627. The van der Waals surface area contributed by atoms with Crippen molar-refractivity contribution in [2.45, 2.75) is 33.4 Å². The molecule has 1 atom stereocenters. The topological polar surface area (TPSA) is 66.0 Å². The Morgan fingerprint density at radius 3 is 2.26 bits per heavy atom. The van der Waals surface area contributed by atoms with Gasteiger partial charge in [0.2, 0.25) is 5.75 Å². The molecular formula is C21H27NO5. The number of hydrogen-bond donors (Lipinski definition) is 1. The maximum absolute atomic E-state index is 12.4. The molecule has 0 saturated carbocycles. The van der Waals surface area contributed by atoms with Crippen LogP contribution < -0.4 is 24.3 Å². The van der Waals surface area contributed by atoms with Crippen molar-refractivity contribution in [3.05, 3.63) is 47.0 Å². The van der Waals surface area contributed by atoms with Crippen LogP contribution in [0.2, 0.25) is 0 Å². The molecule has 0 aliphatic rings. The Morgan fingerprint density at radius 2 is 1.67 bits per heavy atom. The molecule has 0 aliphatic heterocycles. The maximum atomic E-state index is 12.4. The van der Waals surface area contributed by atoms with Gasteiger partial charge in [-0.05, 0) is 56.2 Å². The van der Waals surface area contributed by atoms with Crippen LogP contribution in [0.4, 0.5) is 0 Å².